The van der Waals surface area contributed by atoms with Gasteiger partial charge in [0.05, 0.1) is 0 Å². The minimum Gasteiger partial charge on any atom is -0.312 e. The van der Waals surface area contributed by atoms with Gasteiger partial charge in [-0.15, -0.1) is 0 Å². The highest BCUT2D eigenvalue weighted by molar-refractivity contribution is 4.82. The molecular formula is C15H32N2. The van der Waals surface area contributed by atoms with Crippen molar-refractivity contribution in [1.82, 2.24) is 10.2 Å². The summed E-state index contributed by atoms with van der Waals surface area (Å²) in [6.45, 7) is 14.1. The maximum Gasteiger partial charge on any atom is 0.0223 e. The van der Waals surface area contributed by atoms with Gasteiger partial charge in [-0.05, 0) is 45.6 Å². The SMILES string of the molecule is CCC(NCC1CCCCN1C(C)C)C(C)C. The summed E-state index contributed by atoms with van der Waals surface area (Å²) in [6.07, 6.45) is 5.41. The Hall–Kier alpha value is -0.0800. The highest BCUT2D eigenvalue weighted by atomic mass is 15.2. The highest BCUT2D eigenvalue weighted by Gasteiger charge is 2.25. The Kier molecular flexibility index (Phi) is 6.50. The Morgan fingerprint density at radius 1 is 1.18 bits per heavy atom. The second kappa shape index (κ2) is 7.38. The number of likely N-dealkylation sites (tertiary alicyclic amines) is 1. The topological polar surface area (TPSA) is 15.3 Å². The van der Waals surface area contributed by atoms with Crippen LogP contribution in [0.15, 0.2) is 0 Å². The van der Waals surface area contributed by atoms with Gasteiger partial charge in [0.1, 0.15) is 0 Å². The van der Waals surface area contributed by atoms with Crippen molar-refractivity contribution in [3.8, 4) is 0 Å². The highest BCUT2D eigenvalue weighted by Crippen LogP contribution is 2.19. The molecular weight excluding hydrogens is 208 g/mol. The predicted octanol–water partition coefficient (Wildman–Crippen LogP) is 3.27. The summed E-state index contributed by atoms with van der Waals surface area (Å²) >= 11 is 0. The average molecular weight is 240 g/mol. The number of nitrogens with zero attached hydrogens (tertiary/aromatic N) is 1. The normalized spacial score (nSPS) is 24.5. The van der Waals surface area contributed by atoms with E-state index in [0.717, 1.165) is 12.0 Å². The number of hydrogen-bond donors (Lipinski definition) is 1. The van der Waals surface area contributed by atoms with Gasteiger partial charge in [0.2, 0.25) is 0 Å². The molecule has 1 saturated heterocycles. The van der Waals surface area contributed by atoms with Crippen LogP contribution in [-0.4, -0.2) is 36.1 Å². The molecule has 0 aromatic rings. The van der Waals surface area contributed by atoms with E-state index < -0.39 is 0 Å². The molecule has 1 rings (SSSR count). The van der Waals surface area contributed by atoms with Gasteiger partial charge in [-0.3, -0.25) is 4.90 Å². The fourth-order valence-electron chi connectivity index (χ4n) is 3.06. The summed E-state index contributed by atoms with van der Waals surface area (Å²) < 4.78 is 0. The lowest BCUT2D eigenvalue weighted by atomic mass is 9.98. The molecule has 2 unspecified atom stereocenters. The van der Waals surface area contributed by atoms with Crippen LogP contribution >= 0.6 is 0 Å². The molecule has 0 radical (unpaired) electrons. The van der Waals surface area contributed by atoms with Crippen molar-refractivity contribution in [1.29, 1.82) is 0 Å². The zero-order chi connectivity index (χ0) is 12.8. The second-order valence-corrected chi connectivity index (χ2v) is 6.15. The monoisotopic (exact) mass is 240 g/mol. The molecule has 1 N–H and O–H groups in total. The average Bonchev–Trinajstić information content (AvgIpc) is 2.29. The van der Waals surface area contributed by atoms with Gasteiger partial charge in [-0.2, -0.15) is 0 Å². The summed E-state index contributed by atoms with van der Waals surface area (Å²) in [5.74, 6) is 0.746. The lowest BCUT2D eigenvalue weighted by molar-refractivity contribution is 0.106. The Bertz CT molecular complexity index is 201. The molecule has 2 atom stereocenters. The standard InChI is InChI=1S/C15H32N2/c1-6-15(12(2)3)16-11-14-9-7-8-10-17(14)13(4)5/h12-16H,6-11H2,1-5H3. The maximum absolute atomic E-state index is 3.78. The van der Waals surface area contributed by atoms with Crippen LogP contribution in [0, 0.1) is 5.92 Å². The van der Waals surface area contributed by atoms with Crippen LogP contribution < -0.4 is 5.32 Å². The summed E-state index contributed by atoms with van der Waals surface area (Å²) in [6, 6.07) is 2.14. The Morgan fingerprint density at radius 2 is 1.88 bits per heavy atom. The molecule has 0 saturated carbocycles. The van der Waals surface area contributed by atoms with Gasteiger partial charge in [-0.25, -0.2) is 0 Å². The molecule has 1 aliphatic heterocycles. The van der Waals surface area contributed by atoms with E-state index in [1.54, 1.807) is 0 Å². The Labute approximate surface area is 108 Å². The van der Waals surface area contributed by atoms with Crippen LogP contribution in [0.2, 0.25) is 0 Å². The second-order valence-electron chi connectivity index (χ2n) is 6.15. The maximum atomic E-state index is 3.78. The van der Waals surface area contributed by atoms with Crippen molar-refractivity contribution in [2.24, 2.45) is 5.92 Å². The smallest absolute Gasteiger partial charge is 0.0223 e. The van der Waals surface area contributed by atoms with Gasteiger partial charge in [-0.1, -0.05) is 27.2 Å². The molecule has 0 aromatic heterocycles. The lowest BCUT2D eigenvalue weighted by Crippen LogP contribution is -2.50. The third-order valence-electron chi connectivity index (χ3n) is 4.20. The van der Waals surface area contributed by atoms with Gasteiger partial charge in [0.25, 0.3) is 0 Å². The molecule has 0 aromatic carbocycles. The molecule has 1 aliphatic rings. The third-order valence-corrected chi connectivity index (χ3v) is 4.20. The van der Waals surface area contributed by atoms with Crippen molar-refractivity contribution >= 4 is 0 Å². The molecule has 0 bridgehead atoms. The molecule has 17 heavy (non-hydrogen) atoms. The van der Waals surface area contributed by atoms with E-state index in [4.69, 9.17) is 0 Å². The fourth-order valence-corrected chi connectivity index (χ4v) is 3.06. The first kappa shape index (κ1) is 15.0. The van der Waals surface area contributed by atoms with Crippen LogP contribution in [0.5, 0.6) is 0 Å². The van der Waals surface area contributed by atoms with Crippen LogP contribution in [0.4, 0.5) is 0 Å². The molecule has 1 heterocycles. The van der Waals surface area contributed by atoms with Crippen molar-refractivity contribution in [3.05, 3.63) is 0 Å². The van der Waals surface area contributed by atoms with Crippen LogP contribution in [0.1, 0.15) is 60.3 Å². The first-order chi connectivity index (χ1) is 8.06. The van der Waals surface area contributed by atoms with Crippen LogP contribution in [0.3, 0.4) is 0 Å². The predicted molar refractivity (Wildman–Crippen MR) is 76.4 cm³/mol. The van der Waals surface area contributed by atoms with Gasteiger partial charge in [0, 0.05) is 24.7 Å². The molecule has 102 valence electrons. The first-order valence-electron chi connectivity index (χ1n) is 7.55. The minimum atomic E-state index is 0.686. The van der Waals surface area contributed by atoms with Gasteiger partial charge < -0.3 is 5.32 Å². The van der Waals surface area contributed by atoms with Crippen LogP contribution in [-0.2, 0) is 0 Å². The molecule has 0 amide bonds. The molecule has 0 spiro atoms. The molecule has 0 aliphatic carbocycles. The van der Waals surface area contributed by atoms with E-state index in [9.17, 15) is 0 Å². The Morgan fingerprint density at radius 3 is 2.41 bits per heavy atom. The van der Waals surface area contributed by atoms with E-state index in [1.807, 2.05) is 0 Å². The summed E-state index contributed by atoms with van der Waals surface area (Å²) in [7, 11) is 0. The zero-order valence-electron chi connectivity index (χ0n) is 12.5. The summed E-state index contributed by atoms with van der Waals surface area (Å²) in [4.78, 5) is 2.68. The molecule has 2 heteroatoms. The number of piperidine rings is 1. The van der Waals surface area contributed by atoms with Crippen molar-refractivity contribution < 1.29 is 0 Å². The van der Waals surface area contributed by atoms with Crippen molar-refractivity contribution in [2.75, 3.05) is 13.1 Å². The van der Waals surface area contributed by atoms with E-state index in [1.165, 1.54) is 38.8 Å². The third kappa shape index (κ3) is 4.59. The van der Waals surface area contributed by atoms with Crippen LogP contribution in [0.25, 0.3) is 0 Å². The molecule has 2 nitrogen and oxygen atoms in total. The largest absolute Gasteiger partial charge is 0.312 e. The first-order valence-corrected chi connectivity index (χ1v) is 7.55. The zero-order valence-corrected chi connectivity index (χ0v) is 12.5. The number of nitrogens with one attached hydrogen (secondary N) is 1. The minimum absolute atomic E-state index is 0.686. The molecule has 1 fully saturated rings. The van der Waals surface area contributed by atoms with Gasteiger partial charge in [0.15, 0.2) is 0 Å². The van der Waals surface area contributed by atoms with Gasteiger partial charge >= 0.3 is 0 Å². The lowest BCUT2D eigenvalue weighted by Gasteiger charge is -2.39. The van der Waals surface area contributed by atoms with E-state index in [2.05, 4.69) is 44.8 Å². The Balaban J connectivity index is 2.42. The van der Waals surface area contributed by atoms with E-state index in [-0.39, 0.29) is 0 Å². The summed E-state index contributed by atoms with van der Waals surface area (Å²) in [5, 5.41) is 3.78. The number of hydrogen-bond acceptors (Lipinski definition) is 2. The van der Waals surface area contributed by atoms with E-state index in [0.29, 0.717) is 12.1 Å². The number of rotatable bonds is 6. The fraction of sp³-hybridized carbons (Fsp3) is 1.00. The quantitative estimate of drug-likeness (QED) is 0.766. The van der Waals surface area contributed by atoms with Crippen molar-refractivity contribution in [3.63, 3.8) is 0 Å². The van der Waals surface area contributed by atoms with Crippen molar-refractivity contribution in [2.45, 2.75) is 78.4 Å². The summed E-state index contributed by atoms with van der Waals surface area (Å²) in [5.41, 5.74) is 0. The van der Waals surface area contributed by atoms with E-state index >= 15 is 0 Å².